The molecule has 2 heterocycles. The molecule has 0 atom stereocenters. The van der Waals surface area contributed by atoms with E-state index in [0.29, 0.717) is 0 Å². The fraction of sp³-hybridized carbons (Fsp3) is 0.125. The van der Waals surface area contributed by atoms with E-state index in [9.17, 15) is 0 Å². The molecule has 0 spiro atoms. The smallest absolute Gasteiger partial charge is 0.176 e. The van der Waals surface area contributed by atoms with Gasteiger partial charge in [0.25, 0.3) is 0 Å². The summed E-state index contributed by atoms with van der Waals surface area (Å²) in [5, 5.41) is 7.65. The van der Waals surface area contributed by atoms with Gasteiger partial charge in [-0.15, -0.1) is 0 Å². The molecular formula is C16H16N4. The highest BCUT2D eigenvalue weighted by molar-refractivity contribution is 5.56. The number of nitrogens with zero attached hydrogens (tertiary/aromatic N) is 3. The first-order valence-corrected chi connectivity index (χ1v) is 6.66. The molecule has 0 bridgehead atoms. The van der Waals surface area contributed by atoms with Gasteiger partial charge in [-0.1, -0.05) is 30.3 Å². The molecule has 0 aliphatic carbocycles. The summed E-state index contributed by atoms with van der Waals surface area (Å²) >= 11 is 0. The molecule has 0 saturated carbocycles. The monoisotopic (exact) mass is 264 g/mol. The summed E-state index contributed by atoms with van der Waals surface area (Å²) in [5.74, 6) is 0.825. The molecule has 0 aliphatic rings. The molecule has 3 aromatic rings. The quantitative estimate of drug-likeness (QED) is 0.770. The Morgan fingerprint density at radius 1 is 0.950 bits per heavy atom. The predicted molar refractivity (Wildman–Crippen MR) is 80.0 cm³/mol. The van der Waals surface area contributed by atoms with Crippen molar-refractivity contribution in [2.45, 2.75) is 6.42 Å². The summed E-state index contributed by atoms with van der Waals surface area (Å²) in [4.78, 5) is 4.38. The van der Waals surface area contributed by atoms with Crippen molar-refractivity contribution in [3.8, 4) is 5.82 Å². The van der Waals surface area contributed by atoms with Gasteiger partial charge in [0.2, 0.25) is 0 Å². The van der Waals surface area contributed by atoms with Gasteiger partial charge in [-0.25, -0.2) is 9.67 Å². The minimum Gasteiger partial charge on any atom is -0.382 e. The maximum absolute atomic E-state index is 4.38. The topological polar surface area (TPSA) is 42.7 Å². The molecule has 4 nitrogen and oxygen atoms in total. The predicted octanol–water partition coefficient (Wildman–Crippen LogP) is 2.92. The van der Waals surface area contributed by atoms with Gasteiger partial charge in [-0.05, 0) is 30.2 Å². The van der Waals surface area contributed by atoms with Crippen LogP contribution in [0.5, 0.6) is 0 Å². The summed E-state index contributed by atoms with van der Waals surface area (Å²) in [6.45, 7) is 0.865. The molecular weight excluding hydrogens is 248 g/mol. The SMILES string of the molecule is c1ccc(CCNc2cccnc2-n2cccn2)cc1. The third kappa shape index (κ3) is 2.85. The van der Waals surface area contributed by atoms with Crippen LogP contribution in [0.25, 0.3) is 5.82 Å². The van der Waals surface area contributed by atoms with E-state index < -0.39 is 0 Å². The van der Waals surface area contributed by atoms with Crippen LogP contribution in [0.2, 0.25) is 0 Å². The molecule has 100 valence electrons. The van der Waals surface area contributed by atoms with Crippen molar-refractivity contribution in [2.24, 2.45) is 0 Å². The Hall–Kier alpha value is -2.62. The van der Waals surface area contributed by atoms with E-state index >= 15 is 0 Å². The van der Waals surface area contributed by atoms with E-state index in [0.717, 1.165) is 24.5 Å². The van der Waals surface area contributed by atoms with E-state index in [1.165, 1.54) is 5.56 Å². The van der Waals surface area contributed by atoms with Crippen LogP contribution in [0.1, 0.15) is 5.56 Å². The Morgan fingerprint density at radius 2 is 1.85 bits per heavy atom. The average Bonchev–Trinajstić information content (AvgIpc) is 3.03. The lowest BCUT2D eigenvalue weighted by Crippen LogP contribution is -2.09. The second-order valence-corrected chi connectivity index (χ2v) is 4.49. The lowest BCUT2D eigenvalue weighted by molar-refractivity contribution is 0.845. The molecule has 4 heteroatoms. The van der Waals surface area contributed by atoms with E-state index in [1.807, 2.05) is 30.5 Å². The van der Waals surface area contributed by atoms with E-state index in [4.69, 9.17) is 0 Å². The van der Waals surface area contributed by atoms with Gasteiger partial charge in [0.1, 0.15) is 0 Å². The van der Waals surface area contributed by atoms with Crippen molar-refractivity contribution < 1.29 is 0 Å². The maximum Gasteiger partial charge on any atom is 0.176 e. The first-order valence-electron chi connectivity index (χ1n) is 6.66. The minimum absolute atomic E-state index is 0.825. The summed E-state index contributed by atoms with van der Waals surface area (Å²) in [6.07, 6.45) is 6.40. The average molecular weight is 264 g/mol. The zero-order valence-corrected chi connectivity index (χ0v) is 11.1. The molecule has 3 rings (SSSR count). The van der Waals surface area contributed by atoms with Crippen LogP contribution in [0.3, 0.4) is 0 Å². The highest BCUT2D eigenvalue weighted by atomic mass is 15.3. The summed E-state index contributed by atoms with van der Waals surface area (Å²) in [7, 11) is 0. The van der Waals surface area contributed by atoms with Crippen molar-refractivity contribution in [2.75, 3.05) is 11.9 Å². The van der Waals surface area contributed by atoms with Crippen molar-refractivity contribution in [1.82, 2.24) is 14.8 Å². The van der Waals surface area contributed by atoms with Crippen molar-refractivity contribution in [1.29, 1.82) is 0 Å². The molecule has 0 amide bonds. The van der Waals surface area contributed by atoms with Crippen LogP contribution in [0, 0.1) is 0 Å². The van der Waals surface area contributed by atoms with Gasteiger partial charge in [0.15, 0.2) is 5.82 Å². The Morgan fingerprint density at radius 3 is 2.65 bits per heavy atom. The third-order valence-corrected chi connectivity index (χ3v) is 3.08. The number of pyridine rings is 1. The normalized spacial score (nSPS) is 10.4. The highest BCUT2D eigenvalue weighted by Gasteiger charge is 2.04. The van der Waals surface area contributed by atoms with Crippen molar-refractivity contribution in [3.05, 3.63) is 72.7 Å². The van der Waals surface area contributed by atoms with Crippen LogP contribution in [-0.2, 0) is 6.42 Å². The lowest BCUT2D eigenvalue weighted by Gasteiger charge is -2.10. The van der Waals surface area contributed by atoms with E-state index in [2.05, 4.69) is 39.7 Å². The summed E-state index contributed by atoms with van der Waals surface area (Å²) < 4.78 is 1.77. The fourth-order valence-electron chi connectivity index (χ4n) is 2.10. The van der Waals surface area contributed by atoms with Crippen LogP contribution in [-0.4, -0.2) is 21.3 Å². The zero-order valence-electron chi connectivity index (χ0n) is 11.1. The number of aromatic nitrogens is 3. The van der Waals surface area contributed by atoms with Gasteiger partial charge >= 0.3 is 0 Å². The Kier molecular flexibility index (Phi) is 3.73. The summed E-state index contributed by atoms with van der Waals surface area (Å²) in [5.41, 5.74) is 2.32. The molecule has 0 unspecified atom stereocenters. The Balaban J connectivity index is 1.69. The van der Waals surface area contributed by atoms with E-state index in [1.54, 1.807) is 17.1 Å². The molecule has 1 N–H and O–H groups in total. The van der Waals surface area contributed by atoms with Crippen molar-refractivity contribution >= 4 is 5.69 Å². The molecule has 1 aromatic carbocycles. The number of hydrogen-bond donors (Lipinski definition) is 1. The van der Waals surface area contributed by atoms with Gasteiger partial charge in [-0.2, -0.15) is 5.10 Å². The summed E-state index contributed by atoms with van der Waals surface area (Å²) in [6, 6.07) is 16.3. The molecule has 0 aliphatic heterocycles. The number of nitrogens with one attached hydrogen (secondary N) is 1. The Bertz CT molecular complexity index is 647. The van der Waals surface area contributed by atoms with E-state index in [-0.39, 0.29) is 0 Å². The van der Waals surface area contributed by atoms with Gasteiger partial charge in [0, 0.05) is 25.1 Å². The van der Waals surface area contributed by atoms with Crippen LogP contribution >= 0.6 is 0 Å². The zero-order chi connectivity index (χ0) is 13.6. The standard InChI is InChI=1S/C16H16N4/c1-2-6-14(7-3-1)9-12-17-15-8-4-10-18-16(15)20-13-5-11-19-20/h1-8,10-11,13,17H,9,12H2. The minimum atomic E-state index is 0.825. The fourth-order valence-corrected chi connectivity index (χ4v) is 2.10. The van der Waals surface area contributed by atoms with Crippen LogP contribution in [0.15, 0.2) is 67.1 Å². The highest BCUT2D eigenvalue weighted by Crippen LogP contribution is 2.16. The van der Waals surface area contributed by atoms with Crippen molar-refractivity contribution in [3.63, 3.8) is 0 Å². The number of anilines is 1. The molecule has 2 aromatic heterocycles. The lowest BCUT2D eigenvalue weighted by atomic mass is 10.1. The first-order chi connectivity index (χ1) is 9.93. The number of rotatable bonds is 5. The van der Waals surface area contributed by atoms with Gasteiger partial charge in [0.05, 0.1) is 5.69 Å². The molecule has 20 heavy (non-hydrogen) atoms. The molecule has 0 fully saturated rings. The van der Waals surface area contributed by atoms with Crippen LogP contribution < -0.4 is 5.32 Å². The van der Waals surface area contributed by atoms with Crippen LogP contribution in [0.4, 0.5) is 5.69 Å². The Labute approximate surface area is 118 Å². The number of benzene rings is 1. The maximum atomic E-state index is 4.38. The van der Waals surface area contributed by atoms with Gasteiger partial charge in [-0.3, -0.25) is 0 Å². The second kappa shape index (κ2) is 6.02. The first kappa shape index (κ1) is 12.4. The van der Waals surface area contributed by atoms with Gasteiger partial charge < -0.3 is 5.32 Å². The number of hydrogen-bond acceptors (Lipinski definition) is 3. The third-order valence-electron chi connectivity index (χ3n) is 3.08. The molecule has 0 radical (unpaired) electrons. The molecule has 0 saturated heterocycles. The largest absolute Gasteiger partial charge is 0.382 e. The second-order valence-electron chi connectivity index (χ2n) is 4.49.